The maximum atomic E-state index is 13.7. The van der Waals surface area contributed by atoms with Gasteiger partial charge in [0.05, 0.1) is 11.3 Å². The quantitative estimate of drug-likeness (QED) is 0.769. The number of aromatic carboxylic acids is 1. The number of carboxylic acid groups (broad SMARTS) is 1. The molecule has 108 valence electrons. The van der Waals surface area contributed by atoms with E-state index in [1.54, 1.807) is 0 Å². The van der Waals surface area contributed by atoms with E-state index < -0.39 is 29.2 Å². The maximum Gasteiger partial charge on any atom is 0.338 e. The second-order valence-corrected chi connectivity index (χ2v) is 4.74. The number of carbonyl (C=O) groups is 2. The Kier molecular flexibility index (Phi) is 3.87. The number of anilines is 1. The van der Waals surface area contributed by atoms with Gasteiger partial charge in [-0.2, -0.15) is 0 Å². The molecule has 0 aromatic heterocycles. The van der Waals surface area contributed by atoms with Crippen molar-refractivity contribution in [3.63, 3.8) is 0 Å². The van der Waals surface area contributed by atoms with Crippen LogP contribution in [0.15, 0.2) is 12.1 Å². The summed E-state index contributed by atoms with van der Waals surface area (Å²) < 4.78 is 27.2. The van der Waals surface area contributed by atoms with Gasteiger partial charge in [0.15, 0.2) is 11.6 Å². The molecule has 7 heteroatoms. The molecule has 0 radical (unpaired) electrons. The molecule has 1 atom stereocenters. The summed E-state index contributed by atoms with van der Waals surface area (Å²) in [5.41, 5.74) is -0.992. The number of rotatable bonds is 5. The monoisotopic (exact) mass is 284 g/mol. The number of carboxylic acids is 1. The van der Waals surface area contributed by atoms with Gasteiger partial charge in [-0.05, 0) is 31.9 Å². The highest BCUT2D eigenvalue weighted by Crippen LogP contribution is 2.22. The summed E-state index contributed by atoms with van der Waals surface area (Å²) >= 11 is 0. The third-order valence-electron chi connectivity index (χ3n) is 3.00. The highest BCUT2D eigenvalue weighted by atomic mass is 19.2. The molecule has 1 aromatic rings. The van der Waals surface area contributed by atoms with Crippen molar-refractivity contribution in [2.75, 3.05) is 5.32 Å². The molecule has 0 spiro atoms. The van der Waals surface area contributed by atoms with Crippen molar-refractivity contribution in [3.8, 4) is 0 Å². The molecule has 0 aliphatic heterocycles. The summed E-state index contributed by atoms with van der Waals surface area (Å²) in [6.45, 7) is 1.51. The zero-order valence-electron chi connectivity index (χ0n) is 10.7. The van der Waals surface area contributed by atoms with Crippen LogP contribution in [-0.2, 0) is 4.79 Å². The van der Waals surface area contributed by atoms with Gasteiger partial charge in [-0.15, -0.1) is 0 Å². The Bertz CT molecular complexity index is 559. The first-order valence-electron chi connectivity index (χ1n) is 6.18. The summed E-state index contributed by atoms with van der Waals surface area (Å²) in [6, 6.07) is 1.47. The predicted octanol–water partition coefficient (Wildman–Crippen LogP) is 1.74. The molecule has 1 fully saturated rings. The SMILES string of the molecule is CC(Nc1ccc(C(=O)O)c(F)c1F)C(=O)NC1CC1. The minimum atomic E-state index is -1.55. The number of halogens is 2. The van der Waals surface area contributed by atoms with E-state index in [9.17, 15) is 18.4 Å². The first-order valence-corrected chi connectivity index (χ1v) is 6.18. The fourth-order valence-corrected chi connectivity index (χ4v) is 1.68. The number of carbonyl (C=O) groups excluding carboxylic acids is 1. The maximum absolute atomic E-state index is 13.7. The normalized spacial score (nSPS) is 15.6. The molecular weight excluding hydrogens is 270 g/mol. The van der Waals surface area contributed by atoms with Gasteiger partial charge < -0.3 is 15.7 Å². The van der Waals surface area contributed by atoms with Crippen LogP contribution in [0.5, 0.6) is 0 Å². The summed E-state index contributed by atoms with van der Waals surface area (Å²) in [6.07, 6.45) is 1.85. The van der Waals surface area contributed by atoms with Crippen molar-refractivity contribution >= 4 is 17.6 Å². The Morgan fingerprint density at radius 2 is 1.95 bits per heavy atom. The van der Waals surface area contributed by atoms with Crippen LogP contribution in [0.25, 0.3) is 0 Å². The van der Waals surface area contributed by atoms with Crippen LogP contribution in [0.2, 0.25) is 0 Å². The number of nitrogens with one attached hydrogen (secondary N) is 2. The molecule has 1 amide bonds. The molecule has 1 aliphatic rings. The lowest BCUT2D eigenvalue weighted by Crippen LogP contribution is -2.38. The molecule has 1 saturated carbocycles. The van der Waals surface area contributed by atoms with Crippen molar-refractivity contribution in [3.05, 3.63) is 29.3 Å². The van der Waals surface area contributed by atoms with Gasteiger partial charge in [-0.1, -0.05) is 0 Å². The van der Waals surface area contributed by atoms with E-state index in [2.05, 4.69) is 10.6 Å². The smallest absolute Gasteiger partial charge is 0.338 e. The average Bonchev–Trinajstić information content (AvgIpc) is 3.18. The van der Waals surface area contributed by atoms with Crippen LogP contribution >= 0.6 is 0 Å². The molecule has 0 saturated heterocycles. The lowest BCUT2D eigenvalue weighted by molar-refractivity contribution is -0.121. The van der Waals surface area contributed by atoms with E-state index in [1.165, 1.54) is 6.92 Å². The molecule has 0 bridgehead atoms. The fraction of sp³-hybridized carbons (Fsp3) is 0.385. The zero-order chi connectivity index (χ0) is 14.9. The molecule has 3 N–H and O–H groups in total. The van der Waals surface area contributed by atoms with Crippen molar-refractivity contribution < 1.29 is 23.5 Å². The third kappa shape index (κ3) is 3.04. The largest absolute Gasteiger partial charge is 0.478 e. The van der Waals surface area contributed by atoms with Crippen LogP contribution in [0.1, 0.15) is 30.1 Å². The van der Waals surface area contributed by atoms with E-state index in [-0.39, 0.29) is 17.6 Å². The van der Waals surface area contributed by atoms with E-state index in [0.717, 1.165) is 25.0 Å². The molecule has 5 nitrogen and oxygen atoms in total. The minimum absolute atomic E-state index is 0.169. The number of hydrogen-bond donors (Lipinski definition) is 3. The first-order chi connectivity index (χ1) is 9.40. The van der Waals surface area contributed by atoms with Crippen LogP contribution in [0.4, 0.5) is 14.5 Å². The van der Waals surface area contributed by atoms with E-state index in [0.29, 0.717) is 0 Å². The van der Waals surface area contributed by atoms with E-state index in [1.807, 2.05) is 0 Å². The Morgan fingerprint density at radius 3 is 2.50 bits per heavy atom. The number of hydrogen-bond acceptors (Lipinski definition) is 3. The Morgan fingerprint density at radius 1 is 1.30 bits per heavy atom. The molecule has 0 heterocycles. The summed E-state index contributed by atoms with van der Waals surface area (Å²) in [5, 5.41) is 13.9. The second kappa shape index (κ2) is 5.44. The van der Waals surface area contributed by atoms with Crippen LogP contribution in [-0.4, -0.2) is 29.1 Å². The zero-order valence-corrected chi connectivity index (χ0v) is 10.7. The van der Waals surface area contributed by atoms with Crippen molar-refractivity contribution in [1.29, 1.82) is 0 Å². The number of amides is 1. The topological polar surface area (TPSA) is 78.4 Å². The van der Waals surface area contributed by atoms with E-state index in [4.69, 9.17) is 5.11 Å². The molecular formula is C13H14F2N2O3. The predicted molar refractivity (Wildman–Crippen MR) is 67.6 cm³/mol. The van der Waals surface area contributed by atoms with Gasteiger partial charge in [0.2, 0.25) is 5.91 Å². The summed E-state index contributed by atoms with van der Waals surface area (Å²) in [7, 11) is 0. The fourth-order valence-electron chi connectivity index (χ4n) is 1.68. The van der Waals surface area contributed by atoms with E-state index >= 15 is 0 Å². The highest BCUT2D eigenvalue weighted by Gasteiger charge is 2.26. The van der Waals surface area contributed by atoms with Gasteiger partial charge in [0.25, 0.3) is 0 Å². The Hall–Kier alpha value is -2.18. The van der Waals surface area contributed by atoms with Crippen molar-refractivity contribution in [2.45, 2.75) is 31.8 Å². The van der Waals surface area contributed by atoms with Gasteiger partial charge in [0.1, 0.15) is 6.04 Å². The van der Waals surface area contributed by atoms with Crippen LogP contribution in [0, 0.1) is 11.6 Å². The minimum Gasteiger partial charge on any atom is -0.478 e. The average molecular weight is 284 g/mol. The van der Waals surface area contributed by atoms with Crippen LogP contribution < -0.4 is 10.6 Å². The lowest BCUT2D eigenvalue weighted by Gasteiger charge is -2.16. The molecule has 20 heavy (non-hydrogen) atoms. The van der Waals surface area contributed by atoms with Gasteiger partial charge in [0, 0.05) is 6.04 Å². The molecule has 1 aliphatic carbocycles. The molecule has 1 aromatic carbocycles. The van der Waals surface area contributed by atoms with Gasteiger partial charge >= 0.3 is 5.97 Å². The van der Waals surface area contributed by atoms with Crippen molar-refractivity contribution in [2.24, 2.45) is 0 Å². The number of benzene rings is 1. The molecule has 2 rings (SSSR count). The molecule has 1 unspecified atom stereocenters. The highest BCUT2D eigenvalue weighted by molar-refractivity contribution is 5.89. The Balaban J connectivity index is 2.10. The van der Waals surface area contributed by atoms with Crippen molar-refractivity contribution in [1.82, 2.24) is 5.32 Å². The first kappa shape index (κ1) is 14.2. The van der Waals surface area contributed by atoms with Crippen LogP contribution in [0.3, 0.4) is 0 Å². The van der Waals surface area contributed by atoms with Gasteiger partial charge in [-0.3, -0.25) is 4.79 Å². The second-order valence-electron chi connectivity index (χ2n) is 4.74. The summed E-state index contributed by atoms with van der Waals surface area (Å²) in [5.74, 6) is -4.62. The lowest BCUT2D eigenvalue weighted by atomic mass is 10.1. The third-order valence-corrected chi connectivity index (χ3v) is 3.00. The standard InChI is InChI=1S/C13H14F2N2O3/c1-6(12(18)17-7-2-3-7)16-9-5-4-8(13(19)20)10(14)11(9)15/h4-7,16H,2-3H2,1H3,(H,17,18)(H,19,20). The van der Waals surface area contributed by atoms with Gasteiger partial charge in [-0.25, -0.2) is 13.6 Å². The summed E-state index contributed by atoms with van der Waals surface area (Å²) in [4.78, 5) is 22.3. The Labute approximate surface area is 114 Å².